The lowest BCUT2D eigenvalue weighted by atomic mass is 10.1. The SMILES string of the molecule is O=C(CCc1ccc2c(c1)OCCO2)Nc1ccc(Oc2ccccc2)cc1. The largest absolute Gasteiger partial charge is 0.486 e. The van der Waals surface area contributed by atoms with Crippen molar-refractivity contribution in [2.45, 2.75) is 12.8 Å². The molecule has 1 aliphatic rings. The third-order valence-corrected chi connectivity index (χ3v) is 4.36. The van der Waals surface area contributed by atoms with Crippen molar-refractivity contribution < 1.29 is 19.0 Å². The first-order chi connectivity index (χ1) is 13.8. The van der Waals surface area contributed by atoms with Gasteiger partial charge in [0, 0.05) is 12.1 Å². The van der Waals surface area contributed by atoms with E-state index in [1.54, 1.807) is 0 Å². The lowest BCUT2D eigenvalue weighted by Crippen LogP contribution is -2.15. The molecule has 28 heavy (non-hydrogen) atoms. The first kappa shape index (κ1) is 17.9. The van der Waals surface area contributed by atoms with E-state index in [0.717, 1.165) is 34.2 Å². The average molecular weight is 375 g/mol. The van der Waals surface area contributed by atoms with Crippen molar-refractivity contribution >= 4 is 11.6 Å². The molecule has 0 saturated heterocycles. The molecule has 0 fully saturated rings. The zero-order chi connectivity index (χ0) is 19.2. The zero-order valence-electron chi connectivity index (χ0n) is 15.4. The highest BCUT2D eigenvalue weighted by Crippen LogP contribution is 2.31. The van der Waals surface area contributed by atoms with Crippen LogP contribution in [0.4, 0.5) is 5.69 Å². The van der Waals surface area contributed by atoms with Crippen molar-refractivity contribution in [1.29, 1.82) is 0 Å². The molecule has 1 aliphatic heterocycles. The Morgan fingerprint density at radius 3 is 2.36 bits per heavy atom. The molecule has 0 saturated carbocycles. The Bertz CT molecular complexity index is 939. The number of aryl methyl sites for hydroxylation is 1. The van der Waals surface area contributed by atoms with Gasteiger partial charge in [-0.1, -0.05) is 24.3 Å². The molecule has 1 N–H and O–H groups in total. The molecule has 4 rings (SSSR count). The van der Waals surface area contributed by atoms with Crippen molar-refractivity contribution in [3.63, 3.8) is 0 Å². The second-order valence-electron chi connectivity index (χ2n) is 6.47. The first-order valence-electron chi connectivity index (χ1n) is 9.28. The molecule has 0 atom stereocenters. The van der Waals surface area contributed by atoms with Gasteiger partial charge in [-0.15, -0.1) is 0 Å². The number of nitrogens with one attached hydrogen (secondary N) is 1. The molecule has 3 aromatic carbocycles. The summed E-state index contributed by atoms with van der Waals surface area (Å²) in [5.41, 5.74) is 1.79. The summed E-state index contributed by atoms with van der Waals surface area (Å²) in [5, 5.41) is 2.92. The van der Waals surface area contributed by atoms with Gasteiger partial charge in [0.2, 0.25) is 5.91 Å². The molecule has 0 aromatic heterocycles. The molecule has 0 radical (unpaired) electrons. The Labute approximate surface area is 163 Å². The van der Waals surface area contributed by atoms with Gasteiger partial charge < -0.3 is 19.5 Å². The molecule has 3 aromatic rings. The van der Waals surface area contributed by atoms with Crippen LogP contribution in [0, 0.1) is 0 Å². The van der Waals surface area contributed by atoms with Crippen LogP contribution in [0.15, 0.2) is 72.8 Å². The van der Waals surface area contributed by atoms with Crippen molar-refractivity contribution in [2.24, 2.45) is 0 Å². The van der Waals surface area contributed by atoms with E-state index in [0.29, 0.717) is 26.1 Å². The van der Waals surface area contributed by atoms with Crippen LogP contribution < -0.4 is 19.5 Å². The van der Waals surface area contributed by atoms with Crippen LogP contribution in [0.25, 0.3) is 0 Å². The standard InChI is InChI=1S/C23H21NO4/c25-23(13-7-17-6-12-21-22(16-17)27-15-14-26-21)24-18-8-10-20(11-9-18)28-19-4-2-1-3-5-19/h1-6,8-12,16H,7,13-15H2,(H,24,25). The van der Waals surface area contributed by atoms with Crippen molar-refractivity contribution in [1.82, 2.24) is 0 Å². The van der Waals surface area contributed by atoms with Gasteiger partial charge in [0.05, 0.1) is 0 Å². The smallest absolute Gasteiger partial charge is 0.224 e. The summed E-state index contributed by atoms with van der Waals surface area (Å²) in [5.74, 6) is 2.97. The predicted molar refractivity (Wildman–Crippen MR) is 107 cm³/mol. The van der Waals surface area contributed by atoms with Crippen LogP contribution >= 0.6 is 0 Å². The number of hydrogen-bond acceptors (Lipinski definition) is 4. The zero-order valence-corrected chi connectivity index (χ0v) is 15.4. The molecule has 1 heterocycles. The summed E-state index contributed by atoms with van der Waals surface area (Å²) in [6, 6.07) is 22.7. The van der Waals surface area contributed by atoms with Gasteiger partial charge in [-0.3, -0.25) is 4.79 Å². The normalized spacial score (nSPS) is 12.3. The Morgan fingerprint density at radius 2 is 1.57 bits per heavy atom. The Hall–Kier alpha value is -3.47. The second-order valence-corrected chi connectivity index (χ2v) is 6.47. The van der Waals surface area contributed by atoms with Gasteiger partial charge in [-0.25, -0.2) is 0 Å². The number of para-hydroxylation sites is 1. The maximum absolute atomic E-state index is 12.3. The summed E-state index contributed by atoms with van der Waals surface area (Å²) < 4.78 is 16.9. The highest BCUT2D eigenvalue weighted by molar-refractivity contribution is 5.90. The van der Waals surface area contributed by atoms with E-state index in [1.165, 1.54) is 0 Å². The number of benzene rings is 3. The minimum Gasteiger partial charge on any atom is -0.486 e. The van der Waals surface area contributed by atoms with E-state index in [-0.39, 0.29) is 5.91 Å². The number of carbonyl (C=O) groups is 1. The van der Waals surface area contributed by atoms with E-state index >= 15 is 0 Å². The van der Waals surface area contributed by atoms with E-state index in [9.17, 15) is 4.79 Å². The second kappa shape index (κ2) is 8.48. The van der Waals surface area contributed by atoms with Crippen LogP contribution in [0.1, 0.15) is 12.0 Å². The summed E-state index contributed by atoms with van der Waals surface area (Å²) >= 11 is 0. The fraction of sp³-hybridized carbons (Fsp3) is 0.174. The topological polar surface area (TPSA) is 56.8 Å². The van der Waals surface area contributed by atoms with Crippen molar-refractivity contribution in [3.8, 4) is 23.0 Å². The van der Waals surface area contributed by atoms with Crippen LogP contribution in [0.3, 0.4) is 0 Å². The van der Waals surface area contributed by atoms with Crippen LogP contribution in [0.2, 0.25) is 0 Å². The first-order valence-corrected chi connectivity index (χ1v) is 9.28. The highest BCUT2D eigenvalue weighted by atomic mass is 16.6. The lowest BCUT2D eigenvalue weighted by Gasteiger charge is -2.18. The summed E-state index contributed by atoms with van der Waals surface area (Å²) in [6.07, 6.45) is 1.03. The van der Waals surface area contributed by atoms with Gasteiger partial charge in [-0.2, -0.15) is 0 Å². The van der Waals surface area contributed by atoms with Crippen LogP contribution in [-0.4, -0.2) is 19.1 Å². The van der Waals surface area contributed by atoms with E-state index in [2.05, 4.69) is 5.32 Å². The molecule has 0 bridgehead atoms. The molecule has 5 heteroatoms. The Morgan fingerprint density at radius 1 is 0.857 bits per heavy atom. The molecule has 0 aliphatic carbocycles. The maximum Gasteiger partial charge on any atom is 0.224 e. The Balaban J connectivity index is 1.29. The highest BCUT2D eigenvalue weighted by Gasteiger charge is 2.12. The molecule has 1 amide bonds. The fourth-order valence-corrected chi connectivity index (χ4v) is 2.96. The van der Waals surface area contributed by atoms with Crippen molar-refractivity contribution in [2.75, 3.05) is 18.5 Å². The van der Waals surface area contributed by atoms with Crippen LogP contribution in [0.5, 0.6) is 23.0 Å². The molecule has 0 spiro atoms. The van der Waals surface area contributed by atoms with Gasteiger partial charge in [-0.05, 0) is 60.5 Å². The number of amides is 1. The van der Waals surface area contributed by atoms with Gasteiger partial charge in [0.1, 0.15) is 24.7 Å². The molecule has 0 unspecified atom stereocenters. The Kier molecular flexibility index (Phi) is 5.43. The maximum atomic E-state index is 12.3. The number of hydrogen-bond donors (Lipinski definition) is 1. The average Bonchev–Trinajstić information content (AvgIpc) is 2.74. The third-order valence-electron chi connectivity index (χ3n) is 4.36. The predicted octanol–water partition coefficient (Wildman–Crippen LogP) is 4.82. The van der Waals surface area contributed by atoms with E-state index < -0.39 is 0 Å². The monoisotopic (exact) mass is 375 g/mol. The van der Waals surface area contributed by atoms with Crippen molar-refractivity contribution in [3.05, 3.63) is 78.4 Å². The number of rotatable bonds is 6. The minimum atomic E-state index is -0.0355. The molecule has 5 nitrogen and oxygen atoms in total. The summed E-state index contributed by atoms with van der Waals surface area (Å²) in [4.78, 5) is 12.3. The fourth-order valence-electron chi connectivity index (χ4n) is 2.96. The third kappa shape index (κ3) is 4.62. The van der Waals surface area contributed by atoms with E-state index in [4.69, 9.17) is 14.2 Å². The number of fused-ring (bicyclic) bond motifs is 1. The molecular formula is C23H21NO4. The number of ether oxygens (including phenoxy) is 3. The summed E-state index contributed by atoms with van der Waals surface area (Å²) in [7, 11) is 0. The quantitative estimate of drug-likeness (QED) is 0.671. The van der Waals surface area contributed by atoms with Gasteiger partial charge in [0.15, 0.2) is 11.5 Å². The number of carbonyl (C=O) groups excluding carboxylic acids is 1. The number of anilines is 1. The minimum absolute atomic E-state index is 0.0355. The van der Waals surface area contributed by atoms with Crippen LogP contribution in [-0.2, 0) is 11.2 Å². The van der Waals surface area contributed by atoms with Gasteiger partial charge in [0.25, 0.3) is 0 Å². The van der Waals surface area contributed by atoms with Gasteiger partial charge >= 0.3 is 0 Å². The lowest BCUT2D eigenvalue weighted by molar-refractivity contribution is -0.116. The molecular weight excluding hydrogens is 354 g/mol. The summed E-state index contributed by atoms with van der Waals surface area (Å²) in [6.45, 7) is 1.13. The molecule has 142 valence electrons. The van der Waals surface area contributed by atoms with E-state index in [1.807, 2.05) is 72.8 Å².